The summed E-state index contributed by atoms with van der Waals surface area (Å²) >= 11 is 0. The quantitative estimate of drug-likeness (QED) is 0.101. The van der Waals surface area contributed by atoms with Gasteiger partial charge in [-0.2, -0.15) is 0 Å². The summed E-state index contributed by atoms with van der Waals surface area (Å²) in [5, 5.41) is 10.6. The van der Waals surface area contributed by atoms with Crippen molar-refractivity contribution in [1.29, 1.82) is 0 Å². The zero-order valence-corrected chi connectivity index (χ0v) is 24.9. The van der Waals surface area contributed by atoms with Gasteiger partial charge in [0.2, 0.25) is 11.6 Å². The second-order valence-electron chi connectivity index (χ2n) is 11.8. The molecule has 0 spiro atoms. The lowest BCUT2D eigenvalue weighted by Crippen LogP contribution is -2.17. The van der Waals surface area contributed by atoms with Gasteiger partial charge >= 0.3 is 0 Å². The molecule has 7 rings (SSSR count). The third kappa shape index (κ3) is 4.70. The van der Waals surface area contributed by atoms with Crippen molar-refractivity contribution in [3.8, 4) is 22.3 Å². The number of aliphatic hydroxyl groups excluding tert-OH is 1. The zero-order chi connectivity index (χ0) is 35.3. The molecule has 0 fully saturated rings. The number of aromatic nitrogens is 4. The van der Waals surface area contributed by atoms with Gasteiger partial charge in [-0.1, -0.05) is 6.08 Å². The summed E-state index contributed by atoms with van der Waals surface area (Å²) in [5.41, 5.74) is -5.50. The molecule has 8 bridgehead atoms. The first-order valence-electron chi connectivity index (χ1n) is 14.3. The van der Waals surface area contributed by atoms with Gasteiger partial charge in [-0.3, -0.25) is 4.98 Å². The van der Waals surface area contributed by atoms with E-state index in [2.05, 4.69) is 19.9 Å². The molecule has 3 aromatic heterocycles. The van der Waals surface area contributed by atoms with Crippen molar-refractivity contribution >= 4 is 33.9 Å². The molecular formula is C34H18F10N4O. The van der Waals surface area contributed by atoms with Crippen LogP contribution in [0.4, 0.5) is 43.9 Å². The Morgan fingerprint density at radius 2 is 1.02 bits per heavy atom. The molecule has 0 unspecified atom stereocenters. The summed E-state index contributed by atoms with van der Waals surface area (Å²) in [6.45, 7) is 3.25. The van der Waals surface area contributed by atoms with E-state index < -0.39 is 103 Å². The standard InChI is InChI=1S/C34H18F10N4O/c1-34(2)18-10-12-4-6-14(46-12)20(22-25(37)29(41)32(44)30(42)26(22)38)16-8-7-15(47-16)19(21-23(35)27(39)31(43)28(40)24(21)36)13-5-3-11(45-13)9-17(48-18)33(34)49/h3-7,9-10,45-46,49H,8H2,1-2H3. The Balaban J connectivity index is 1.74. The van der Waals surface area contributed by atoms with Crippen LogP contribution in [0.15, 0.2) is 36.4 Å². The minimum atomic E-state index is -2.43. The van der Waals surface area contributed by atoms with Crippen LogP contribution in [0.25, 0.3) is 56.2 Å². The fourth-order valence-corrected chi connectivity index (χ4v) is 5.89. The Morgan fingerprint density at radius 1 is 0.571 bits per heavy atom. The highest BCUT2D eigenvalue weighted by Crippen LogP contribution is 2.37. The molecule has 5 aromatic rings. The van der Waals surface area contributed by atoms with Crippen LogP contribution in [0.3, 0.4) is 0 Å². The lowest BCUT2D eigenvalue weighted by molar-refractivity contribution is 0.381. The van der Waals surface area contributed by atoms with Gasteiger partial charge in [0.25, 0.3) is 0 Å². The lowest BCUT2D eigenvalue weighted by Gasteiger charge is -2.17. The molecule has 2 aromatic carbocycles. The fraction of sp³-hybridized carbons (Fsp3) is 0.118. The van der Waals surface area contributed by atoms with Crippen LogP contribution in [-0.4, -0.2) is 25.0 Å². The normalized spacial score (nSPS) is 14.0. The van der Waals surface area contributed by atoms with E-state index >= 15 is 17.6 Å². The van der Waals surface area contributed by atoms with Gasteiger partial charge in [0, 0.05) is 39.6 Å². The molecular weight excluding hydrogens is 670 g/mol. The molecule has 0 radical (unpaired) electrons. The number of benzene rings is 2. The van der Waals surface area contributed by atoms with E-state index in [1.165, 1.54) is 36.4 Å². The highest BCUT2D eigenvalue weighted by Gasteiger charge is 2.33. The van der Waals surface area contributed by atoms with Crippen molar-refractivity contribution in [2.24, 2.45) is 0 Å². The van der Waals surface area contributed by atoms with Crippen molar-refractivity contribution in [2.75, 3.05) is 0 Å². The highest BCUT2D eigenvalue weighted by atomic mass is 19.2. The predicted molar refractivity (Wildman–Crippen MR) is 158 cm³/mol. The van der Waals surface area contributed by atoms with Crippen LogP contribution < -0.4 is 10.7 Å². The van der Waals surface area contributed by atoms with Crippen molar-refractivity contribution in [3.05, 3.63) is 117 Å². The number of hydrogen-bond donors (Lipinski definition) is 3. The SMILES string of the molecule is CC1(C)C(O)=c2cc3ccc([nH]3)c(-c3c(F)c(F)c(F)c(F)c3F)c3nc(c(-c4c(F)c(F)c(F)c(F)c4F)c4ccc(cc1n2)[nH]4)CC=3. The molecule has 250 valence electrons. The van der Waals surface area contributed by atoms with Crippen LogP contribution in [0, 0.1) is 58.2 Å². The summed E-state index contributed by atoms with van der Waals surface area (Å²) in [6.07, 6.45) is 0.665. The number of aromatic amines is 2. The van der Waals surface area contributed by atoms with Crippen molar-refractivity contribution in [1.82, 2.24) is 19.9 Å². The molecule has 5 nitrogen and oxygen atoms in total. The highest BCUT2D eigenvalue weighted by molar-refractivity contribution is 5.87. The monoisotopic (exact) mass is 688 g/mol. The number of nitrogens with one attached hydrogen (secondary N) is 2. The molecule has 0 saturated heterocycles. The van der Waals surface area contributed by atoms with Crippen LogP contribution in [0.5, 0.6) is 0 Å². The van der Waals surface area contributed by atoms with Gasteiger partial charge < -0.3 is 15.1 Å². The first-order valence-corrected chi connectivity index (χ1v) is 14.3. The van der Waals surface area contributed by atoms with Crippen LogP contribution in [0.2, 0.25) is 0 Å². The van der Waals surface area contributed by atoms with E-state index in [1.807, 2.05) is 0 Å². The number of nitrogens with zero attached hydrogens (tertiary/aromatic N) is 2. The maximum atomic E-state index is 15.4. The second-order valence-corrected chi connectivity index (χ2v) is 11.8. The Morgan fingerprint density at radius 3 is 1.55 bits per heavy atom. The average Bonchev–Trinajstić information content (AvgIpc) is 3.88. The maximum absolute atomic E-state index is 15.4. The Bertz CT molecular complexity index is 2530. The first kappa shape index (κ1) is 32.0. The maximum Gasteiger partial charge on any atom is 0.200 e. The summed E-state index contributed by atoms with van der Waals surface area (Å²) in [5.74, 6) is -23.0. The number of aliphatic hydroxyl groups is 1. The predicted octanol–water partition coefficient (Wildman–Crippen LogP) is 7.71. The van der Waals surface area contributed by atoms with Crippen LogP contribution in [-0.2, 0) is 11.8 Å². The molecule has 49 heavy (non-hydrogen) atoms. The van der Waals surface area contributed by atoms with Crippen molar-refractivity contribution in [2.45, 2.75) is 25.7 Å². The van der Waals surface area contributed by atoms with E-state index in [4.69, 9.17) is 0 Å². The number of halogens is 10. The summed E-state index contributed by atoms with van der Waals surface area (Å²) in [4.78, 5) is 14.3. The molecule has 0 atom stereocenters. The second kappa shape index (κ2) is 11.0. The van der Waals surface area contributed by atoms with Crippen LogP contribution >= 0.6 is 0 Å². The molecule has 2 aliphatic rings. The number of fused-ring (bicyclic) bond motifs is 8. The Hall–Kier alpha value is -5.60. The lowest BCUT2D eigenvalue weighted by atomic mass is 9.88. The van der Waals surface area contributed by atoms with Gasteiger partial charge in [0.15, 0.2) is 46.5 Å². The minimum absolute atomic E-state index is 0.0374. The fourth-order valence-electron chi connectivity index (χ4n) is 5.89. The number of rotatable bonds is 2. The molecule has 0 amide bonds. The zero-order valence-electron chi connectivity index (χ0n) is 24.9. The van der Waals surface area contributed by atoms with E-state index in [0.717, 1.165) is 6.08 Å². The number of hydrogen-bond acceptors (Lipinski definition) is 3. The van der Waals surface area contributed by atoms with Crippen molar-refractivity contribution < 1.29 is 49.0 Å². The molecule has 2 aliphatic heterocycles. The third-order valence-corrected chi connectivity index (χ3v) is 8.46. The molecule has 0 saturated carbocycles. The third-order valence-electron chi connectivity index (χ3n) is 8.46. The molecule has 0 aliphatic carbocycles. The molecule has 5 heterocycles. The van der Waals surface area contributed by atoms with E-state index in [1.54, 1.807) is 13.8 Å². The Labute approximate surface area is 267 Å². The summed E-state index contributed by atoms with van der Waals surface area (Å²) in [7, 11) is 0. The van der Waals surface area contributed by atoms with Crippen LogP contribution in [0.1, 0.15) is 25.2 Å². The molecule has 3 N–H and O–H groups in total. The first-order chi connectivity index (χ1) is 23.1. The summed E-state index contributed by atoms with van der Waals surface area (Å²) < 4.78 is 148. The van der Waals surface area contributed by atoms with Crippen molar-refractivity contribution in [3.63, 3.8) is 0 Å². The largest absolute Gasteiger partial charge is 0.509 e. The smallest absolute Gasteiger partial charge is 0.200 e. The van der Waals surface area contributed by atoms with Gasteiger partial charge in [-0.25, -0.2) is 48.9 Å². The van der Waals surface area contributed by atoms with Gasteiger partial charge in [-0.05, 0) is 50.2 Å². The summed E-state index contributed by atoms with van der Waals surface area (Å²) in [6, 6.07) is 8.06. The van der Waals surface area contributed by atoms with E-state index in [0.29, 0.717) is 0 Å². The minimum Gasteiger partial charge on any atom is -0.509 e. The van der Waals surface area contributed by atoms with Gasteiger partial charge in [0.05, 0.1) is 33.3 Å². The number of H-pyrrole nitrogens is 2. The van der Waals surface area contributed by atoms with Gasteiger partial charge in [-0.15, -0.1) is 0 Å². The van der Waals surface area contributed by atoms with E-state index in [9.17, 15) is 31.4 Å². The molecule has 15 heteroatoms. The van der Waals surface area contributed by atoms with Gasteiger partial charge in [0.1, 0.15) is 11.1 Å². The Kier molecular flexibility index (Phi) is 7.16. The topological polar surface area (TPSA) is 77.6 Å². The average molecular weight is 689 g/mol. The van der Waals surface area contributed by atoms with E-state index in [-0.39, 0.29) is 38.9 Å².